The normalized spacial score (nSPS) is 15.4. The lowest BCUT2D eigenvalue weighted by atomic mass is 10.1. The van der Waals surface area contributed by atoms with Gasteiger partial charge in [-0.05, 0) is 38.0 Å². The summed E-state index contributed by atoms with van der Waals surface area (Å²) in [5, 5.41) is 14.7. The number of hydrogen-bond donors (Lipinski definition) is 3. The molecule has 1 aliphatic carbocycles. The number of aromatic carboxylic acids is 1. The zero-order valence-electron chi connectivity index (χ0n) is 14.5. The molecule has 1 saturated carbocycles. The smallest absolute Gasteiger partial charge is 0.337 e. The number of carboxylic acid groups (broad SMARTS) is 1. The standard InChI is InChI=1S/C18H24N2O5/c1-11(19-17(22)12-5-3-4-6-12)9-16(21)20-15-8-7-13(25-2)10-14(15)18(23)24/h7-8,10-12H,3-6,9H2,1-2H3,(H,19,22)(H,20,21)(H,23,24). The molecule has 0 aromatic heterocycles. The lowest BCUT2D eigenvalue weighted by Crippen LogP contribution is -2.38. The van der Waals surface area contributed by atoms with Crippen molar-refractivity contribution in [2.75, 3.05) is 12.4 Å². The van der Waals surface area contributed by atoms with E-state index in [0.717, 1.165) is 25.7 Å². The van der Waals surface area contributed by atoms with Crippen molar-refractivity contribution in [2.45, 2.75) is 45.1 Å². The number of nitrogens with one attached hydrogen (secondary N) is 2. The molecule has 2 amide bonds. The molecule has 1 fully saturated rings. The number of methoxy groups -OCH3 is 1. The third-order valence-electron chi connectivity index (χ3n) is 4.34. The summed E-state index contributed by atoms with van der Waals surface area (Å²) >= 11 is 0. The highest BCUT2D eigenvalue weighted by Crippen LogP contribution is 2.25. The van der Waals surface area contributed by atoms with E-state index in [1.807, 2.05) is 0 Å². The fourth-order valence-corrected chi connectivity index (χ4v) is 3.02. The number of carboxylic acids is 1. The van der Waals surface area contributed by atoms with Crippen LogP contribution in [0.3, 0.4) is 0 Å². The van der Waals surface area contributed by atoms with Crippen LogP contribution in [0.5, 0.6) is 5.75 Å². The summed E-state index contributed by atoms with van der Waals surface area (Å²) in [4.78, 5) is 35.6. The topological polar surface area (TPSA) is 105 Å². The van der Waals surface area contributed by atoms with E-state index in [1.165, 1.54) is 19.2 Å². The van der Waals surface area contributed by atoms with Crippen molar-refractivity contribution < 1.29 is 24.2 Å². The Bertz CT molecular complexity index is 653. The van der Waals surface area contributed by atoms with Gasteiger partial charge in [0.1, 0.15) is 5.75 Å². The average molecular weight is 348 g/mol. The molecule has 1 aromatic rings. The van der Waals surface area contributed by atoms with Crippen molar-refractivity contribution in [2.24, 2.45) is 5.92 Å². The minimum Gasteiger partial charge on any atom is -0.497 e. The Labute approximate surface area is 146 Å². The summed E-state index contributed by atoms with van der Waals surface area (Å²) in [5.74, 6) is -1.07. The maximum atomic E-state index is 12.2. The van der Waals surface area contributed by atoms with Gasteiger partial charge in [-0.25, -0.2) is 4.79 Å². The molecule has 2 rings (SSSR count). The minimum absolute atomic E-state index is 0.00604. The van der Waals surface area contributed by atoms with E-state index < -0.39 is 5.97 Å². The third kappa shape index (κ3) is 5.20. The number of carbonyl (C=O) groups excluding carboxylic acids is 2. The van der Waals surface area contributed by atoms with Crippen LogP contribution in [0.25, 0.3) is 0 Å². The summed E-state index contributed by atoms with van der Waals surface area (Å²) in [6.45, 7) is 1.76. The van der Waals surface area contributed by atoms with Crippen molar-refractivity contribution in [1.29, 1.82) is 0 Å². The van der Waals surface area contributed by atoms with Gasteiger partial charge in [0, 0.05) is 18.4 Å². The van der Waals surface area contributed by atoms with Crippen LogP contribution < -0.4 is 15.4 Å². The van der Waals surface area contributed by atoms with Crippen LogP contribution in [0.15, 0.2) is 18.2 Å². The highest BCUT2D eigenvalue weighted by Gasteiger charge is 2.24. The van der Waals surface area contributed by atoms with Crippen LogP contribution in [0.4, 0.5) is 5.69 Å². The molecule has 1 unspecified atom stereocenters. The van der Waals surface area contributed by atoms with Crippen molar-refractivity contribution in [3.63, 3.8) is 0 Å². The van der Waals surface area contributed by atoms with Crippen molar-refractivity contribution >= 4 is 23.5 Å². The second-order valence-corrected chi connectivity index (χ2v) is 6.36. The fraction of sp³-hybridized carbons (Fsp3) is 0.500. The summed E-state index contributed by atoms with van der Waals surface area (Å²) in [6, 6.07) is 4.10. The van der Waals surface area contributed by atoms with Gasteiger partial charge in [0.25, 0.3) is 0 Å². The van der Waals surface area contributed by atoms with Crippen molar-refractivity contribution in [3.05, 3.63) is 23.8 Å². The van der Waals surface area contributed by atoms with Gasteiger partial charge in [0.05, 0.1) is 18.4 Å². The highest BCUT2D eigenvalue weighted by molar-refractivity contribution is 6.01. The highest BCUT2D eigenvalue weighted by atomic mass is 16.5. The Morgan fingerprint density at radius 3 is 2.56 bits per heavy atom. The molecule has 7 nitrogen and oxygen atoms in total. The van der Waals surface area contributed by atoms with Gasteiger partial charge in [0.15, 0.2) is 0 Å². The van der Waals surface area contributed by atoms with Gasteiger partial charge in [-0.15, -0.1) is 0 Å². The fourth-order valence-electron chi connectivity index (χ4n) is 3.02. The number of rotatable bonds is 7. The van der Waals surface area contributed by atoms with Gasteiger partial charge < -0.3 is 20.5 Å². The number of benzene rings is 1. The maximum absolute atomic E-state index is 12.2. The summed E-state index contributed by atoms with van der Waals surface area (Å²) in [6.07, 6.45) is 4.02. The van der Waals surface area contributed by atoms with E-state index in [-0.39, 0.29) is 41.4 Å². The van der Waals surface area contributed by atoms with E-state index in [0.29, 0.717) is 5.75 Å². The van der Waals surface area contributed by atoms with E-state index in [2.05, 4.69) is 10.6 Å². The molecule has 0 aliphatic heterocycles. The van der Waals surface area contributed by atoms with Gasteiger partial charge in [-0.1, -0.05) is 12.8 Å². The average Bonchev–Trinajstić information content (AvgIpc) is 3.09. The van der Waals surface area contributed by atoms with Crippen LogP contribution in [-0.4, -0.2) is 36.0 Å². The molecule has 0 bridgehead atoms. The molecule has 1 aliphatic rings. The lowest BCUT2D eigenvalue weighted by molar-refractivity contribution is -0.125. The van der Waals surface area contributed by atoms with Gasteiger partial charge in [-0.2, -0.15) is 0 Å². The molecule has 0 radical (unpaired) electrons. The molecule has 7 heteroatoms. The second-order valence-electron chi connectivity index (χ2n) is 6.36. The zero-order chi connectivity index (χ0) is 18.4. The Morgan fingerprint density at radius 2 is 1.96 bits per heavy atom. The second kappa shape index (κ2) is 8.50. The molecular weight excluding hydrogens is 324 g/mol. The first-order valence-corrected chi connectivity index (χ1v) is 8.42. The SMILES string of the molecule is COc1ccc(NC(=O)CC(C)NC(=O)C2CCCC2)c(C(=O)O)c1. The molecule has 1 aromatic carbocycles. The summed E-state index contributed by atoms with van der Waals surface area (Å²) in [5.41, 5.74) is 0.156. The first-order valence-electron chi connectivity index (χ1n) is 8.42. The maximum Gasteiger partial charge on any atom is 0.337 e. The van der Waals surface area contributed by atoms with Crippen molar-refractivity contribution in [1.82, 2.24) is 5.32 Å². The van der Waals surface area contributed by atoms with Crippen LogP contribution in [0.2, 0.25) is 0 Å². The molecule has 0 spiro atoms. The number of hydrogen-bond acceptors (Lipinski definition) is 4. The predicted molar refractivity (Wildman–Crippen MR) is 92.8 cm³/mol. The number of amides is 2. The molecule has 0 saturated heterocycles. The Hall–Kier alpha value is -2.57. The molecule has 136 valence electrons. The number of ether oxygens (including phenoxy) is 1. The quantitative estimate of drug-likeness (QED) is 0.702. The van der Waals surface area contributed by atoms with Crippen LogP contribution in [-0.2, 0) is 9.59 Å². The van der Waals surface area contributed by atoms with Crippen molar-refractivity contribution in [3.8, 4) is 5.75 Å². The summed E-state index contributed by atoms with van der Waals surface area (Å²) < 4.78 is 5.00. The van der Waals surface area contributed by atoms with Gasteiger partial charge >= 0.3 is 5.97 Å². The third-order valence-corrected chi connectivity index (χ3v) is 4.34. The van der Waals surface area contributed by atoms with Gasteiger partial charge in [-0.3, -0.25) is 9.59 Å². The monoisotopic (exact) mass is 348 g/mol. The molecule has 1 atom stereocenters. The molecule has 25 heavy (non-hydrogen) atoms. The first kappa shape index (κ1) is 18.8. The Morgan fingerprint density at radius 1 is 1.28 bits per heavy atom. The molecular formula is C18H24N2O5. The largest absolute Gasteiger partial charge is 0.497 e. The molecule has 0 heterocycles. The molecule has 3 N–H and O–H groups in total. The lowest BCUT2D eigenvalue weighted by Gasteiger charge is -2.17. The number of anilines is 1. The summed E-state index contributed by atoms with van der Waals surface area (Å²) in [7, 11) is 1.44. The van der Waals surface area contributed by atoms with E-state index in [1.54, 1.807) is 13.0 Å². The van der Waals surface area contributed by atoms with E-state index in [9.17, 15) is 19.5 Å². The van der Waals surface area contributed by atoms with E-state index >= 15 is 0 Å². The van der Waals surface area contributed by atoms with E-state index in [4.69, 9.17) is 4.74 Å². The van der Waals surface area contributed by atoms with Gasteiger partial charge in [0.2, 0.25) is 11.8 Å². The predicted octanol–water partition coefficient (Wildman–Crippen LogP) is 2.42. The number of carbonyl (C=O) groups is 3. The van der Waals surface area contributed by atoms with Crippen LogP contribution in [0.1, 0.15) is 49.4 Å². The van der Waals surface area contributed by atoms with Crippen LogP contribution >= 0.6 is 0 Å². The van der Waals surface area contributed by atoms with Crippen LogP contribution in [0, 0.1) is 5.92 Å². The zero-order valence-corrected chi connectivity index (χ0v) is 14.5. The Kier molecular flexibility index (Phi) is 6.38. The Balaban J connectivity index is 1.93. The minimum atomic E-state index is -1.16. The first-order chi connectivity index (χ1) is 11.9.